The second-order valence-corrected chi connectivity index (χ2v) is 5.03. The molecule has 1 unspecified atom stereocenters. The summed E-state index contributed by atoms with van der Waals surface area (Å²) in [5.41, 5.74) is 2.47. The highest BCUT2D eigenvalue weighted by Crippen LogP contribution is 2.21. The maximum absolute atomic E-state index is 11.3. The lowest BCUT2D eigenvalue weighted by Crippen LogP contribution is -2.55. The molecule has 0 amide bonds. The average Bonchev–Trinajstić information content (AvgIpc) is 2.28. The zero-order chi connectivity index (χ0) is 13.9. The van der Waals surface area contributed by atoms with E-state index in [4.69, 9.17) is 0 Å². The van der Waals surface area contributed by atoms with Crippen LogP contribution in [0.1, 0.15) is 18.1 Å². The molecular weight excluding hydrogens is 228 g/mol. The summed E-state index contributed by atoms with van der Waals surface area (Å²) in [5, 5.41) is 12.1. The predicted octanol–water partition coefficient (Wildman–Crippen LogP) is 1.80. The van der Waals surface area contributed by atoms with Gasteiger partial charge in [-0.3, -0.25) is 4.79 Å². The SMILES string of the molecule is CNC(C)(CN(C)c1ccc(C)cc1C)C(=O)O. The summed E-state index contributed by atoms with van der Waals surface area (Å²) < 4.78 is 0. The number of nitrogens with zero attached hydrogens (tertiary/aromatic N) is 1. The van der Waals surface area contributed by atoms with Crippen molar-refractivity contribution in [3.05, 3.63) is 29.3 Å². The van der Waals surface area contributed by atoms with Crippen molar-refractivity contribution < 1.29 is 9.90 Å². The third kappa shape index (κ3) is 3.01. The fraction of sp³-hybridized carbons (Fsp3) is 0.500. The molecule has 0 fully saturated rings. The van der Waals surface area contributed by atoms with Crippen LogP contribution in [0.2, 0.25) is 0 Å². The van der Waals surface area contributed by atoms with Gasteiger partial charge >= 0.3 is 5.97 Å². The summed E-state index contributed by atoms with van der Waals surface area (Å²) in [4.78, 5) is 13.2. The van der Waals surface area contributed by atoms with Crippen LogP contribution in [0.3, 0.4) is 0 Å². The van der Waals surface area contributed by atoms with Gasteiger partial charge in [0.15, 0.2) is 0 Å². The molecule has 1 rings (SSSR count). The van der Waals surface area contributed by atoms with Gasteiger partial charge in [0, 0.05) is 19.3 Å². The normalized spacial score (nSPS) is 14.1. The maximum Gasteiger partial charge on any atom is 0.325 e. The highest BCUT2D eigenvalue weighted by molar-refractivity contribution is 5.79. The molecule has 0 aromatic heterocycles. The molecule has 4 nitrogen and oxygen atoms in total. The van der Waals surface area contributed by atoms with Crippen molar-refractivity contribution >= 4 is 11.7 Å². The minimum Gasteiger partial charge on any atom is -0.480 e. The first-order chi connectivity index (χ1) is 8.30. The van der Waals surface area contributed by atoms with E-state index >= 15 is 0 Å². The summed E-state index contributed by atoms with van der Waals surface area (Å²) in [5.74, 6) is -0.846. The van der Waals surface area contributed by atoms with E-state index < -0.39 is 11.5 Å². The molecular formula is C14H22N2O2. The first-order valence-electron chi connectivity index (χ1n) is 6.01. The largest absolute Gasteiger partial charge is 0.480 e. The van der Waals surface area contributed by atoms with Gasteiger partial charge in [-0.25, -0.2) is 0 Å². The summed E-state index contributed by atoms with van der Waals surface area (Å²) in [6.07, 6.45) is 0. The van der Waals surface area contributed by atoms with Gasteiger partial charge in [0.2, 0.25) is 0 Å². The number of carboxylic acid groups (broad SMARTS) is 1. The van der Waals surface area contributed by atoms with Crippen LogP contribution in [-0.4, -0.2) is 37.3 Å². The molecule has 0 aliphatic rings. The Morgan fingerprint density at radius 3 is 2.50 bits per heavy atom. The summed E-state index contributed by atoms with van der Waals surface area (Å²) >= 11 is 0. The Bertz CT molecular complexity index is 445. The number of aliphatic carboxylic acids is 1. The van der Waals surface area contributed by atoms with Crippen molar-refractivity contribution in [2.45, 2.75) is 26.3 Å². The Hall–Kier alpha value is -1.55. The molecule has 1 aromatic carbocycles. The second kappa shape index (κ2) is 5.40. The number of rotatable bonds is 5. The van der Waals surface area contributed by atoms with E-state index in [0.717, 1.165) is 11.3 Å². The predicted molar refractivity (Wildman–Crippen MR) is 74.3 cm³/mol. The Balaban J connectivity index is 2.94. The Labute approximate surface area is 109 Å². The lowest BCUT2D eigenvalue weighted by atomic mass is 10.0. The molecule has 0 spiro atoms. The molecule has 4 heteroatoms. The van der Waals surface area contributed by atoms with Gasteiger partial charge in [0.1, 0.15) is 5.54 Å². The second-order valence-electron chi connectivity index (χ2n) is 5.03. The van der Waals surface area contributed by atoms with Crippen LogP contribution < -0.4 is 10.2 Å². The number of nitrogens with one attached hydrogen (secondary N) is 1. The topological polar surface area (TPSA) is 52.6 Å². The van der Waals surface area contributed by atoms with Gasteiger partial charge < -0.3 is 15.3 Å². The van der Waals surface area contributed by atoms with Crippen molar-refractivity contribution in [3.63, 3.8) is 0 Å². The smallest absolute Gasteiger partial charge is 0.325 e. The summed E-state index contributed by atoms with van der Waals surface area (Å²) in [6.45, 7) is 6.18. The molecule has 0 saturated carbocycles. The molecule has 18 heavy (non-hydrogen) atoms. The van der Waals surface area contributed by atoms with Crippen LogP contribution in [0.15, 0.2) is 18.2 Å². The minimum absolute atomic E-state index is 0.405. The van der Waals surface area contributed by atoms with Gasteiger partial charge in [-0.1, -0.05) is 17.7 Å². The van der Waals surface area contributed by atoms with Crippen LogP contribution in [0.25, 0.3) is 0 Å². The Morgan fingerprint density at radius 1 is 1.44 bits per heavy atom. The van der Waals surface area contributed by atoms with Gasteiger partial charge in [0.25, 0.3) is 0 Å². The average molecular weight is 250 g/mol. The van der Waals surface area contributed by atoms with Crippen LogP contribution in [0.4, 0.5) is 5.69 Å². The van der Waals surface area contributed by atoms with Gasteiger partial charge in [0.05, 0.1) is 0 Å². The number of carboxylic acids is 1. The molecule has 100 valence electrons. The molecule has 1 aromatic rings. The Morgan fingerprint density at radius 2 is 2.06 bits per heavy atom. The summed E-state index contributed by atoms with van der Waals surface area (Å²) in [6, 6.07) is 6.17. The Kier molecular flexibility index (Phi) is 4.35. The minimum atomic E-state index is -0.952. The third-order valence-corrected chi connectivity index (χ3v) is 3.34. The van der Waals surface area contributed by atoms with Crippen molar-refractivity contribution in [2.75, 3.05) is 25.5 Å². The van der Waals surface area contributed by atoms with E-state index in [9.17, 15) is 9.90 Å². The first kappa shape index (κ1) is 14.5. The number of likely N-dealkylation sites (N-methyl/N-ethyl adjacent to an activating group) is 2. The zero-order valence-corrected chi connectivity index (χ0v) is 11.7. The number of hydrogen-bond donors (Lipinski definition) is 2. The van der Waals surface area contributed by atoms with Gasteiger partial charge in [-0.15, -0.1) is 0 Å². The van der Waals surface area contributed by atoms with Crippen molar-refractivity contribution in [1.29, 1.82) is 0 Å². The molecule has 0 saturated heterocycles. The van der Waals surface area contributed by atoms with Gasteiger partial charge in [-0.2, -0.15) is 0 Å². The van der Waals surface area contributed by atoms with Crippen molar-refractivity contribution in [1.82, 2.24) is 5.32 Å². The van der Waals surface area contributed by atoms with Crippen LogP contribution in [0.5, 0.6) is 0 Å². The van der Waals surface area contributed by atoms with E-state index in [-0.39, 0.29) is 0 Å². The quantitative estimate of drug-likeness (QED) is 0.836. The molecule has 0 aliphatic carbocycles. The van der Waals surface area contributed by atoms with Gasteiger partial charge in [-0.05, 0) is 39.4 Å². The number of carbonyl (C=O) groups is 1. The number of anilines is 1. The highest BCUT2D eigenvalue weighted by Gasteiger charge is 2.32. The lowest BCUT2D eigenvalue weighted by molar-refractivity contribution is -0.143. The zero-order valence-electron chi connectivity index (χ0n) is 11.7. The molecule has 0 radical (unpaired) electrons. The molecule has 0 heterocycles. The molecule has 0 bridgehead atoms. The van der Waals surface area contributed by atoms with Crippen molar-refractivity contribution in [3.8, 4) is 0 Å². The molecule has 1 atom stereocenters. The van der Waals surface area contributed by atoms with E-state index in [2.05, 4.69) is 11.4 Å². The van der Waals surface area contributed by atoms with E-state index in [1.54, 1.807) is 14.0 Å². The molecule has 0 aliphatic heterocycles. The summed E-state index contributed by atoms with van der Waals surface area (Å²) in [7, 11) is 3.58. The monoisotopic (exact) mass is 250 g/mol. The van der Waals surface area contributed by atoms with Crippen LogP contribution >= 0.6 is 0 Å². The molecule has 2 N–H and O–H groups in total. The van der Waals surface area contributed by atoms with Crippen LogP contribution in [-0.2, 0) is 4.79 Å². The first-order valence-corrected chi connectivity index (χ1v) is 6.01. The highest BCUT2D eigenvalue weighted by atomic mass is 16.4. The number of benzene rings is 1. The standard InChI is InChI=1S/C14H22N2O2/c1-10-6-7-12(11(2)8-10)16(5)9-14(3,15-4)13(17)18/h6-8,15H,9H2,1-5H3,(H,17,18). The fourth-order valence-electron chi connectivity index (χ4n) is 2.05. The number of hydrogen-bond acceptors (Lipinski definition) is 3. The van der Waals surface area contributed by atoms with Crippen LogP contribution in [0, 0.1) is 13.8 Å². The van der Waals surface area contributed by atoms with E-state index in [1.807, 2.05) is 37.9 Å². The third-order valence-electron chi connectivity index (χ3n) is 3.34. The maximum atomic E-state index is 11.3. The lowest BCUT2D eigenvalue weighted by Gasteiger charge is -2.31. The van der Waals surface area contributed by atoms with E-state index in [0.29, 0.717) is 6.54 Å². The fourth-order valence-corrected chi connectivity index (χ4v) is 2.05. The van der Waals surface area contributed by atoms with E-state index in [1.165, 1.54) is 5.56 Å². The number of aryl methyl sites for hydroxylation is 2. The van der Waals surface area contributed by atoms with Crippen molar-refractivity contribution in [2.24, 2.45) is 0 Å².